The van der Waals surface area contributed by atoms with Crippen LogP contribution in [0, 0.1) is 0 Å². The van der Waals surface area contributed by atoms with Crippen LogP contribution in [0.5, 0.6) is 0 Å². The van der Waals surface area contributed by atoms with Gasteiger partial charge in [0.2, 0.25) is 5.95 Å². The highest BCUT2D eigenvalue weighted by atomic mass is 79.9. The van der Waals surface area contributed by atoms with Crippen molar-refractivity contribution in [3.8, 4) is 11.1 Å². The van der Waals surface area contributed by atoms with Crippen LogP contribution in [0.25, 0.3) is 11.1 Å². The molecule has 0 radical (unpaired) electrons. The van der Waals surface area contributed by atoms with Crippen molar-refractivity contribution in [2.75, 3.05) is 17.3 Å². The zero-order chi connectivity index (χ0) is 20.5. The Bertz CT molecular complexity index is 1170. The van der Waals surface area contributed by atoms with Crippen LogP contribution < -0.4 is 10.2 Å². The highest BCUT2D eigenvalue weighted by molar-refractivity contribution is 9.10. The number of aromatic nitrogens is 4. The molecular formula is C23H21BrN6. The Hall–Kier alpha value is -3.19. The number of anilines is 4. The molecule has 1 fully saturated rings. The predicted molar refractivity (Wildman–Crippen MR) is 124 cm³/mol. The van der Waals surface area contributed by atoms with Crippen LogP contribution in [-0.2, 0) is 0 Å². The molecule has 2 aromatic heterocycles. The lowest BCUT2D eigenvalue weighted by Gasteiger charge is -2.18. The molecule has 0 unspecified atom stereocenters. The summed E-state index contributed by atoms with van der Waals surface area (Å²) >= 11 is 3.58. The zero-order valence-electron chi connectivity index (χ0n) is 16.5. The summed E-state index contributed by atoms with van der Waals surface area (Å²) in [6.07, 6.45) is 4.23. The molecule has 4 aromatic rings. The smallest absolute Gasteiger partial charge is 0.229 e. The minimum absolute atomic E-state index is 0.529. The average molecular weight is 461 g/mol. The number of hydrogen-bond acceptors (Lipinski definition) is 5. The van der Waals surface area contributed by atoms with E-state index in [1.54, 1.807) is 6.20 Å². The summed E-state index contributed by atoms with van der Waals surface area (Å²) in [6, 6.07) is 20.5. The Labute approximate surface area is 183 Å². The van der Waals surface area contributed by atoms with E-state index in [-0.39, 0.29) is 0 Å². The van der Waals surface area contributed by atoms with Gasteiger partial charge < -0.3 is 10.2 Å². The molecule has 150 valence electrons. The van der Waals surface area contributed by atoms with E-state index in [1.807, 2.05) is 48.3 Å². The summed E-state index contributed by atoms with van der Waals surface area (Å²) in [4.78, 5) is 11.2. The molecule has 2 heterocycles. The van der Waals surface area contributed by atoms with E-state index in [4.69, 9.17) is 4.98 Å². The van der Waals surface area contributed by atoms with Crippen molar-refractivity contribution in [2.24, 2.45) is 0 Å². The third-order valence-electron chi connectivity index (χ3n) is 5.25. The van der Waals surface area contributed by atoms with Crippen LogP contribution in [0.1, 0.15) is 24.5 Å². The average Bonchev–Trinajstić information content (AvgIpc) is 3.52. The topological polar surface area (TPSA) is 69.7 Å². The molecule has 7 heteroatoms. The Morgan fingerprint density at radius 3 is 2.63 bits per heavy atom. The molecule has 1 aliphatic carbocycles. The number of benzene rings is 2. The summed E-state index contributed by atoms with van der Waals surface area (Å²) in [7, 11) is 1.96. The Balaban J connectivity index is 1.44. The number of para-hydroxylation sites is 1. The van der Waals surface area contributed by atoms with E-state index >= 15 is 0 Å². The van der Waals surface area contributed by atoms with Crippen LogP contribution >= 0.6 is 15.9 Å². The molecule has 1 aliphatic rings. The van der Waals surface area contributed by atoms with Gasteiger partial charge in [0.05, 0.1) is 4.47 Å². The third-order valence-corrected chi connectivity index (χ3v) is 5.81. The molecule has 1 saturated carbocycles. The fraction of sp³-hybridized carbons (Fsp3) is 0.174. The van der Waals surface area contributed by atoms with Gasteiger partial charge in [0.1, 0.15) is 0 Å². The van der Waals surface area contributed by atoms with E-state index in [0.29, 0.717) is 11.9 Å². The van der Waals surface area contributed by atoms with E-state index in [1.165, 1.54) is 18.5 Å². The molecule has 0 amide bonds. The lowest BCUT2D eigenvalue weighted by atomic mass is 10.0. The van der Waals surface area contributed by atoms with Crippen LogP contribution in [0.15, 0.2) is 71.3 Å². The Morgan fingerprint density at radius 1 is 1.07 bits per heavy atom. The van der Waals surface area contributed by atoms with Crippen molar-refractivity contribution in [3.05, 3.63) is 77.0 Å². The van der Waals surface area contributed by atoms with E-state index < -0.39 is 0 Å². The number of rotatable bonds is 6. The molecule has 0 bridgehead atoms. The number of aromatic amines is 1. The number of halogens is 1. The summed E-state index contributed by atoms with van der Waals surface area (Å²) in [5.41, 5.74) is 4.38. The van der Waals surface area contributed by atoms with Gasteiger partial charge in [-0.3, -0.25) is 5.10 Å². The lowest BCUT2D eigenvalue weighted by molar-refractivity contribution is 0.952. The molecule has 30 heavy (non-hydrogen) atoms. The maximum atomic E-state index is 4.75. The molecule has 0 atom stereocenters. The first-order valence-corrected chi connectivity index (χ1v) is 10.7. The maximum absolute atomic E-state index is 4.75. The third kappa shape index (κ3) is 3.80. The van der Waals surface area contributed by atoms with Crippen molar-refractivity contribution < 1.29 is 0 Å². The maximum Gasteiger partial charge on any atom is 0.229 e. The SMILES string of the molecule is CN(c1cc(C2CC2)[nH]n1)c1nc(Nc2ccccc2-c2ccccc2)ncc1Br. The second kappa shape index (κ2) is 7.91. The van der Waals surface area contributed by atoms with E-state index in [9.17, 15) is 0 Å². The van der Waals surface area contributed by atoms with Gasteiger partial charge in [0, 0.05) is 42.2 Å². The summed E-state index contributed by atoms with van der Waals surface area (Å²) in [6.45, 7) is 0. The van der Waals surface area contributed by atoms with E-state index in [0.717, 1.165) is 32.9 Å². The fourth-order valence-electron chi connectivity index (χ4n) is 3.44. The van der Waals surface area contributed by atoms with Crippen LogP contribution in [-0.4, -0.2) is 27.2 Å². The fourth-order valence-corrected chi connectivity index (χ4v) is 3.90. The van der Waals surface area contributed by atoms with Crippen LogP contribution in [0.2, 0.25) is 0 Å². The first-order chi connectivity index (χ1) is 14.7. The molecular weight excluding hydrogens is 440 g/mol. The van der Waals surface area contributed by atoms with Gasteiger partial charge in [-0.15, -0.1) is 0 Å². The molecule has 2 aromatic carbocycles. The van der Waals surface area contributed by atoms with Crippen LogP contribution in [0.3, 0.4) is 0 Å². The number of nitrogens with zero attached hydrogens (tertiary/aromatic N) is 4. The highest BCUT2D eigenvalue weighted by Crippen LogP contribution is 2.40. The van der Waals surface area contributed by atoms with Gasteiger partial charge >= 0.3 is 0 Å². The van der Waals surface area contributed by atoms with Crippen LogP contribution in [0.4, 0.5) is 23.3 Å². The largest absolute Gasteiger partial charge is 0.324 e. The van der Waals surface area contributed by atoms with Crippen molar-refractivity contribution in [1.82, 2.24) is 20.2 Å². The minimum Gasteiger partial charge on any atom is -0.324 e. The number of hydrogen-bond donors (Lipinski definition) is 2. The molecule has 2 N–H and O–H groups in total. The Kier molecular flexibility index (Phi) is 4.96. The van der Waals surface area contributed by atoms with Gasteiger partial charge in [-0.25, -0.2) is 4.98 Å². The van der Waals surface area contributed by atoms with Crippen molar-refractivity contribution in [3.63, 3.8) is 0 Å². The second-order valence-corrected chi connectivity index (χ2v) is 8.27. The molecule has 0 saturated heterocycles. The quantitative estimate of drug-likeness (QED) is 0.368. The monoisotopic (exact) mass is 460 g/mol. The van der Waals surface area contributed by atoms with Crippen molar-refractivity contribution >= 4 is 39.2 Å². The van der Waals surface area contributed by atoms with E-state index in [2.05, 4.69) is 60.7 Å². The summed E-state index contributed by atoms with van der Waals surface area (Å²) in [5, 5.41) is 11.0. The number of H-pyrrole nitrogens is 1. The Morgan fingerprint density at radius 2 is 1.83 bits per heavy atom. The first-order valence-electron chi connectivity index (χ1n) is 9.92. The molecule has 0 aliphatic heterocycles. The molecule has 5 rings (SSSR count). The molecule has 0 spiro atoms. The van der Waals surface area contributed by atoms with Gasteiger partial charge in [0.25, 0.3) is 0 Å². The van der Waals surface area contributed by atoms with Gasteiger partial charge in [0.15, 0.2) is 11.6 Å². The first kappa shape index (κ1) is 18.8. The van der Waals surface area contributed by atoms with Gasteiger partial charge in [-0.05, 0) is 40.4 Å². The lowest BCUT2D eigenvalue weighted by Crippen LogP contribution is -2.14. The van der Waals surface area contributed by atoms with Gasteiger partial charge in [-0.2, -0.15) is 10.1 Å². The van der Waals surface area contributed by atoms with Gasteiger partial charge in [-0.1, -0.05) is 48.5 Å². The second-order valence-electron chi connectivity index (χ2n) is 7.42. The number of nitrogens with one attached hydrogen (secondary N) is 2. The molecule has 6 nitrogen and oxygen atoms in total. The van der Waals surface area contributed by atoms with Crippen molar-refractivity contribution in [2.45, 2.75) is 18.8 Å². The summed E-state index contributed by atoms with van der Waals surface area (Å²) in [5.74, 6) is 2.74. The highest BCUT2D eigenvalue weighted by Gasteiger charge is 2.26. The minimum atomic E-state index is 0.529. The summed E-state index contributed by atoms with van der Waals surface area (Å²) < 4.78 is 0.808. The zero-order valence-corrected chi connectivity index (χ0v) is 18.1. The standard InChI is InChI=1S/C23H21BrN6/c1-30(21-13-20(28-29-21)16-11-12-16)22-18(24)14-25-23(27-22)26-19-10-6-5-9-17(19)15-7-3-2-4-8-15/h2-10,13-14,16H,11-12H2,1H3,(H,28,29)(H,25,26,27). The normalized spacial score (nSPS) is 13.3. The van der Waals surface area contributed by atoms with Crippen molar-refractivity contribution in [1.29, 1.82) is 0 Å². The predicted octanol–water partition coefficient (Wildman–Crippen LogP) is 6.02.